The third-order valence-corrected chi connectivity index (χ3v) is 7.12. The van der Waals surface area contributed by atoms with E-state index in [1.807, 2.05) is 0 Å². The first kappa shape index (κ1) is 23.3. The molecular weight excluding hydrogens is 434 g/mol. The number of nitrogens with zero attached hydrogens (tertiary/aromatic N) is 2. The van der Waals surface area contributed by atoms with Gasteiger partial charge in [0.25, 0.3) is 15.9 Å². The Kier molecular flexibility index (Phi) is 6.83. The van der Waals surface area contributed by atoms with Crippen LogP contribution in [0.25, 0.3) is 0 Å². The Morgan fingerprint density at radius 3 is 2.34 bits per heavy atom. The van der Waals surface area contributed by atoms with E-state index in [1.54, 1.807) is 37.3 Å². The summed E-state index contributed by atoms with van der Waals surface area (Å²) in [4.78, 5) is 39.6. The molecule has 1 aliphatic rings. The molecule has 0 aromatic heterocycles. The first-order chi connectivity index (χ1) is 15.2. The third kappa shape index (κ3) is 4.31. The molecule has 2 aromatic rings. The van der Waals surface area contributed by atoms with Gasteiger partial charge >= 0.3 is 0 Å². The second-order valence-electron chi connectivity index (χ2n) is 7.22. The maximum Gasteiger partial charge on any atom is 0.269 e. The van der Waals surface area contributed by atoms with Crippen molar-refractivity contribution in [1.82, 2.24) is 14.5 Å². The van der Waals surface area contributed by atoms with E-state index >= 15 is 0 Å². The number of carbonyl (C=O) groups excluding carboxylic acids is 3. The average molecular weight is 460 g/mol. The third-order valence-electron chi connectivity index (χ3n) is 5.34. The molecule has 0 spiro atoms. The first-order valence-corrected chi connectivity index (χ1v) is 11.5. The maximum absolute atomic E-state index is 13.3. The van der Waals surface area contributed by atoms with Crippen LogP contribution in [0, 0.1) is 0 Å². The molecule has 1 atom stereocenters. The number of sulfonamides is 1. The van der Waals surface area contributed by atoms with E-state index < -0.39 is 34.4 Å². The molecule has 0 radical (unpaired) electrons. The number of ether oxygens (including phenoxy) is 1. The summed E-state index contributed by atoms with van der Waals surface area (Å²) in [5.41, 5.74) is 0.751. The van der Waals surface area contributed by atoms with Gasteiger partial charge in [0, 0.05) is 13.6 Å². The lowest BCUT2D eigenvalue weighted by Crippen LogP contribution is -2.51. The van der Waals surface area contributed by atoms with E-state index in [1.165, 1.54) is 37.3 Å². The minimum atomic E-state index is -4.15. The number of rotatable bonds is 8. The number of likely N-dealkylation sites (N-methyl/N-ethyl adjacent to an activating group) is 1. The summed E-state index contributed by atoms with van der Waals surface area (Å²) in [7, 11) is -1.14. The van der Waals surface area contributed by atoms with Gasteiger partial charge in [-0.25, -0.2) is 12.7 Å². The molecule has 170 valence electrons. The Morgan fingerprint density at radius 2 is 1.78 bits per heavy atom. The van der Waals surface area contributed by atoms with Gasteiger partial charge in [-0.15, -0.1) is 0 Å². The van der Waals surface area contributed by atoms with Crippen molar-refractivity contribution in [2.45, 2.75) is 30.8 Å². The normalized spacial score (nSPS) is 15.1. The van der Waals surface area contributed by atoms with Crippen LogP contribution < -0.4 is 10.1 Å². The predicted octanol–water partition coefficient (Wildman–Crippen LogP) is 1.39. The Bertz CT molecular complexity index is 1130. The number of fused-ring (bicyclic) bond motifs is 1. The highest BCUT2D eigenvalue weighted by Gasteiger charge is 2.43. The summed E-state index contributed by atoms with van der Waals surface area (Å²) in [6.45, 7) is 1.12. The highest BCUT2D eigenvalue weighted by molar-refractivity contribution is 7.90. The molecule has 0 saturated heterocycles. The monoisotopic (exact) mass is 459 g/mol. The van der Waals surface area contributed by atoms with Crippen LogP contribution >= 0.6 is 0 Å². The first-order valence-electron chi connectivity index (χ1n) is 10.0. The Labute approximate surface area is 187 Å². The van der Waals surface area contributed by atoms with Gasteiger partial charge in [-0.3, -0.25) is 14.4 Å². The minimum absolute atomic E-state index is 0.0281. The van der Waals surface area contributed by atoms with Crippen molar-refractivity contribution in [3.05, 3.63) is 59.7 Å². The lowest BCUT2D eigenvalue weighted by molar-refractivity contribution is -0.141. The van der Waals surface area contributed by atoms with Crippen LogP contribution in [0.2, 0.25) is 0 Å². The van der Waals surface area contributed by atoms with E-state index in [-0.39, 0.29) is 22.9 Å². The van der Waals surface area contributed by atoms with E-state index in [4.69, 9.17) is 4.74 Å². The highest BCUT2D eigenvalue weighted by Crippen LogP contribution is 2.30. The molecule has 1 aliphatic heterocycles. The van der Waals surface area contributed by atoms with Crippen LogP contribution in [-0.4, -0.2) is 62.1 Å². The second-order valence-corrected chi connectivity index (χ2v) is 9.05. The number of nitrogens with one attached hydrogen (secondary N) is 1. The van der Waals surface area contributed by atoms with Crippen molar-refractivity contribution in [3.63, 3.8) is 0 Å². The molecule has 10 heteroatoms. The van der Waals surface area contributed by atoms with Crippen LogP contribution in [0.1, 0.15) is 29.3 Å². The summed E-state index contributed by atoms with van der Waals surface area (Å²) < 4.78 is 31.4. The zero-order chi connectivity index (χ0) is 23.5. The van der Waals surface area contributed by atoms with Crippen LogP contribution in [0.5, 0.6) is 5.75 Å². The number of amides is 3. The zero-order valence-electron chi connectivity index (χ0n) is 18.1. The number of hydrogen-bond donors (Lipinski definition) is 1. The number of benzene rings is 2. The van der Waals surface area contributed by atoms with Crippen molar-refractivity contribution < 1.29 is 27.5 Å². The zero-order valence-corrected chi connectivity index (χ0v) is 18.9. The fourth-order valence-electron chi connectivity index (χ4n) is 3.61. The lowest BCUT2D eigenvalue weighted by Gasteiger charge is -2.31. The summed E-state index contributed by atoms with van der Waals surface area (Å²) in [6.07, 6.45) is 0.308. The molecule has 9 nitrogen and oxygen atoms in total. The van der Waals surface area contributed by atoms with Gasteiger partial charge < -0.3 is 15.0 Å². The number of methoxy groups -OCH3 is 1. The van der Waals surface area contributed by atoms with Gasteiger partial charge in [0.05, 0.1) is 12.7 Å². The summed E-state index contributed by atoms with van der Waals surface area (Å²) in [5.74, 6) is -1.16. The van der Waals surface area contributed by atoms with Crippen molar-refractivity contribution >= 4 is 27.7 Å². The molecule has 3 amide bonds. The van der Waals surface area contributed by atoms with Gasteiger partial charge in [0.15, 0.2) is 0 Å². The van der Waals surface area contributed by atoms with E-state index in [9.17, 15) is 22.8 Å². The smallest absolute Gasteiger partial charge is 0.269 e. The van der Waals surface area contributed by atoms with Crippen molar-refractivity contribution in [3.8, 4) is 5.75 Å². The van der Waals surface area contributed by atoms with Gasteiger partial charge in [0.1, 0.15) is 23.2 Å². The molecule has 0 unspecified atom stereocenters. The van der Waals surface area contributed by atoms with Crippen LogP contribution in [0.4, 0.5) is 0 Å². The van der Waals surface area contributed by atoms with Gasteiger partial charge in [-0.05, 0) is 36.2 Å². The standard InChI is InChI=1S/C22H25N3O6S/c1-4-18(21(27)23-2)24(13-15-9-11-16(31-3)12-10-15)20(26)14-25-22(28)17-7-5-6-8-19(17)32(25,29)30/h5-12,18H,4,13-14H2,1-3H3,(H,23,27)/t18-/m1/s1. The predicted molar refractivity (Wildman–Crippen MR) is 116 cm³/mol. The Morgan fingerprint density at radius 1 is 1.12 bits per heavy atom. The molecule has 0 bridgehead atoms. The number of hydrogen-bond acceptors (Lipinski definition) is 6. The Hall–Kier alpha value is -3.40. The van der Waals surface area contributed by atoms with E-state index in [0.717, 1.165) is 5.56 Å². The summed E-state index contributed by atoms with van der Waals surface area (Å²) >= 11 is 0. The van der Waals surface area contributed by atoms with E-state index in [0.29, 0.717) is 16.5 Å². The fourth-order valence-corrected chi connectivity index (χ4v) is 5.13. The second kappa shape index (κ2) is 9.39. The van der Waals surface area contributed by atoms with E-state index in [2.05, 4.69) is 5.32 Å². The molecule has 32 heavy (non-hydrogen) atoms. The molecule has 3 rings (SSSR count). The van der Waals surface area contributed by atoms with Crippen molar-refractivity contribution in [1.29, 1.82) is 0 Å². The summed E-state index contributed by atoms with van der Waals surface area (Å²) in [5, 5.41) is 2.54. The highest BCUT2D eigenvalue weighted by atomic mass is 32.2. The number of carbonyl (C=O) groups is 3. The fraction of sp³-hybridized carbons (Fsp3) is 0.318. The lowest BCUT2D eigenvalue weighted by atomic mass is 10.1. The maximum atomic E-state index is 13.3. The molecule has 0 fully saturated rings. The van der Waals surface area contributed by atoms with Crippen LogP contribution in [0.15, 0.2) is 53.4 Å². The largest absolute Gasteiger partial charge is 0.497 e. The molecule has 1 heterocycles. The average Bonchev–Trinajstić information content (AvgIpc) is 2.99. The topological polar surface area (TPSA) is 113 Å². The quantitative estimate of drug-likeness (QED) is 0.638. The molecule has 2 aromatic carbocycles. The SMILES string of the molecule is CC[C@H](C(=O)NC)N(Cc1ccc(OC)cc1)C(=O)CN1C(=O)c2ccccc2S1(=O)=O. The molecule has 0 aliphatic carbocycles. The summed E-state index contributed by atoms with van der Waals surface area (Å²) in [6, 6.07) is 11.9. The van der Waals surface area contributed by atoms with Crippen LogP contribution in [-0.2, 0) is 26.2 Å². The van der Waals surface area contributed by atoms with Gasteiger partial charge in [-0.1, -0.05) is 31.2 Å². The minimum Gasteiger partial charge on any atom is -0.497 e. The van der Waals surface area contributed by atoms with Crippen molar-refractivity contribution in [2.24, 2.45) is 0 Å². The molecule has 1 N–H and O–H groups in total. The van der Waals surface area contributed by atoms with Gasteiger partial charge in [0.2, 0.25) is 11.8 Å². The molecular formula is C22H25N3O6S. The van der Waals surface area contributed by atoms with Crippen molar-refractivity contribution in [2.75, 3.05) is 20.7 Å². The molecule has 0 saturated carbocycles. The Balaban J connectivity index is 1.91. The van der Waals surface area contributed by atoms with Gasteiger partial charge in [-0.2, -0.15) is 0 Å². The van der Waals surface area contributed by atoms with Crippen LogP contribution in [0.3, 0.4) is 0 Å².